The predicted octanol–water partition coefficient (Wildman–Crippen LogP) is 3.91. The molecular weight excluding hydrogens is 206 g/mol. The van der Waals surface area contributed by atoms with Crippen molar-refractivity contribution < 1.29 is 0 Å². The Labute approximate surface area is 94.1 Å². The summed E-state index contributed by atoms with van der Waals surface area (Å²) in [6.07, 6.45) is 5.77. The van der Waals surface area contributed by atoms with Crippen LogP contribution in [-0.4, -0.2) is 4.98 Å². The highest BCUT2D eigenvalue weighted by Crippen LogP contribution is 2.11. The van der Waals surface area contributed by atoms with Crippen LogP contribution in [0.1, 0.15) is 11.3 Å². The van der Waals surface area contributed by atoms with E-state index < -0.39 is 0 Å². The van der Waals surface area contributed by atoms with Gasteiger partial charge in [-0.2, -0.15) is 0 Å². The first-order chi connectivity index (χ1) is 7.34. The third kappa shape index (κ3) is 2.93. The SMILES string of the molecule is Clc1ccc(/C=C\c2ccccn2)cc1. The minimum atomic E-state index is 0.755. The minimum Gasteiger partial charge on any atom is -0.257 e. The van der Waals surface area contributed by atoms with Gasteiger partial charge in [0.2, 0.25) is 0 Å². The van der Waals surface area contributed by atoms with E-state index in [9.17, 15) is 0 Å². The van der Waals surface area contributed by atoms with Crippen LogP contribution in [0.4, 0.5) is 0 Å². The lowest BCUT2D eigenvalue weighted by Crippen LogP contribution is -1.76. The largest absolute Gasteiger partial charge is 0.257 e. The molecule has 0 unspecified atom stereocenters. The minimum absolute atomic E-state index is 0.755. The summed E-state index contributed by atoms with van der Waals surface area (Å²) in [5.74, 6) is 0. The molecule has 0 aliphatic carbocycles. The van der Waals surface area contributed by atoms with E-state index in [1.165, 1.54) is 0 Å². The molecular formula is C13H10ClN. The van der Waals surface area contributed by atoms with Gasteiger partial charge in [0, 0.05) is 11.2 Å². The molecule has 15 heavy (non-hydrogen) atoms. The summed E-state index contributed by atoms with van der Waals surface area (Å²) in [4.78, 5) is 4.20. The molecule has 0 fully saturated rings. The first-order valence-corrected chi connectivity index (χ1v) is 5.07. The lowest BCUT2D eigenvalue weighted by Gasteiger charge is -1.93. The average Bonchev–Trinajstić information content (AvgIpc) is 2.30. The predicted molar refractivity (Wildman–Crippen MR) is 64.6 cm³/mol. The summed E-state index contributed by atoms with van der Waals surface area (Å²) in [6, 6.07) is 13.5. The van der Waals surface area contributed by atoms with Crippen LogP contribution in [0.2, 0.25) is 5.02 Å². The number of hydrogen-bond acceptors (Lipinski definition) is 1. The van der Waals surface area contributed by atoms with E-state index in [2.05, 4.69) is 4.98 Å². The number of benzene rings is 1. The van der Waals surface area contributed by atoms with Crippen molar-refractivity contribution in [1.82, 2.24) is 4.98 Å². The number of pyridine rings is 1. The van der Waals surface area contributed by atoms with E-state index >= 15 is 0 Å². The number of rotatable bonds is 2. The summed E-state index contributed by atoms with van der Waals surface area (Å²) >= 11 is 5.79. The number of aromatic nitrogens is 1. The maximum atomic E-state index is 5.79. The molecule has 0 saturated heterocycles. The molecule has 1 aromatic heterocycles. The molecule has 0 radical (unpaired) electrons. The summed E-state index contributed by atoms with van der Waals surface area (Å²) in [5, 5.41) is 0.755. The average molecular weight is 216 g/mol. The highest BCUT2D eigenvalue weighted by atomic mass is 35.5. The van der Waals surface area contributed by atoms with E-state index in [-0.39, 0.29) is 0 Å². The number of nitrogens with zero attached hydrogens (tertiary/aromatic N) is 1. The first-order valence-electron chi connectivity index (χ1n) is 4.69. The Kier molecular flexibility index (Phi) is 3.15. The second-order valence-electron chi connectivity index (χ2n) is 3.14. The van der Waals surface area contributed by atoms with E-state index in [4.69, 9.17) is 11.6 Å². The quantitative estimate of drug-likeness (QED) is 0.740. The van der Waals surface area contributed by atoms with Gasteiger partial charge in [0.25, 0.3) is 0 Å². The standard InChI is InChI=1S/C13H10ClN/c14-12-7-4-11(5-8-12)6-9-13-3-1-2-10-15-13/h1-10H/b9-6-. The van der Waals surface area contributed by atoms with Crippen LogP contribution in [0.15, 0.2) is 48.7 Å². The fraction of sp³-hybridized carbons (Fsp3) is 0. The van der Waals surface area contributed by atoms with Gasteiger partial charge in [-0.15, -0.1) is 0 Å². The Morgan fingerprint density at radius 2 is 1.73 bits per heavy atom. The fourth-order valence-corrected chi connectivity index (χ4v) is 1.36. The number of halogens is 1. The van der Waals surface area contributed by atoms with E-state index in [0.717, 1.165) is 16.3 Å². The van der Waals surface area contributed by atoms with Crippen molar-refractivity contribution in [2.45, 2.75) is 0 Å². The summed E-state index contributed by atoms with van der Waals surface area (Å²) in [5.41, 5.74) is 2.07. The highest BCUT2D eigenvalue weighted by Gasteiger charge is 1.88. The first kappa shape index (κ1) is 9.94. The van der Waals surface area contributed by atoms with Gasteiger partial charge in [0.15, 0.2) is 0 Å². The number of hydrogen-bond donors (Lipinski definition) is 0. The van der Waals surface area contributed by atoms with Crippen molar-refractivity contribution >= 4 is 23.8 Å². The lowest BCUT2D eigenvalue weighted by atomic mass is 10.2. The Balaban J connectivity index is 2.15. The summed E-state index contributed by atoms with van der Waals surface area (Å²) in [6.45, 7) is 0. The molecule has 0 bridgehead atoms. The van der Waals surface area contributed by atoms with Crippen molar-refractivity contribution in [3.63, 3.8) is 0 Å². The molecule has 2 heteroatoms. The van der Waals surface area contributed by atoms with Gasteiger partial charge < -0.3 is 0 Å². The maximum Gasteiger partial charge on any atom is 0.0629 e. The van der Waals surface area contributed by atoms with Crippen LogP contribution in [0.25, 0.3) is 12.2 Å². The van der Waals surface area contributed by atoms with E-state index in [1.807, 2.05) is 54.6 Å². The van der Waals surface area contributed by atoms with Crippen molar-refractivity contribution in [2.75, 3.05) is 0 Å². The fourth-order valence-electron chi connectivity index (χ4n) is 1.23. The Morgan fingerprint density at radius 3 is 2.40 bits per heavy atom. The summed E-state index contributed by atoms with van der Waals surface area (Å²) in [7, 11) is 0. The van der Waals surface area contributed by atoms with Crippen LogP contribution in [0.3, 0.4) is 0 Å². The second-order valence-corrected chi connectivity index (χ2v) is 3.58. The lowest BCUT2D eigenvalue weighted by molar-refractivity contribution is 1.30. The molecule has 1 aromatic carbocycles. The maximum absolute atomic E-state index is 5.79. The highest BCUT2D eigenvalue weighted by molar-refractivity contribution is 6.30. The molecule has 0 N–H and O–H groups in total. The van der Waals surface area contributed by atoms with E-state index in [0.29, 0.717) is 0 Å². The van der Waals surface area contributed by atoms with Crippen molar-refractivity contribution in [3.05, 3.63) is 64.9 Å². The van der Waals surface area contributed by atoms with Crippen molar-refractivity contribution in [2.24, 2.45) is 0 Å². The molecule has 2 aromatic rings. The molecule has 2 rings (SSSR count). The third-order valence-corrected chi connectivity index (χ3v) is 2.26. The second kappa shape index (κ2) is 4.76. The van der Waals surface area contributed by atoms with Gasteiger partial charge in [0.05, 0.1) is 5.69 Å². The van der Waals surface area contributed by atoms with Crippen LogP contribution < -0.4 is 0 Å². The van der Waals surface area contributed by atoms with Crippen LogP contribution in [0, 0.1) is 0 Å². The zero-order chi connectivity index (χ0) is 10.5. The van der Waals surface area contributed by atoms with Crippen molar-refractivity contribution in [3.8, 4) is 0 Å². The van der Waals surface area contributed by atoms with Crippen LogP contribution in [-0.2, 0) is 0 Å². The van der Waals surface area contributed by atoms with Gasteiger partial charge in [-0.05, 0) is 35.9 Å². The molecule has 0 spiro atoms. The normalized spacial score (nSPS) is 10.7. The third-order valence-electron chi connectivity index (χ3n) is 2.00. The molecule has 0 amide bonds. The summed E-state index contributed by atoms with van der Waals surface area (Å²) < 4.78 is 0. The topological polar surface area (TPSA) is 12.9 Å². The van der Waals surface area contributed by atoms with E-state index in [1.54, 1.807) is 6.20 Å². The smallest absolute Gasteiger partial charge is 0.0629 e. The van der Waals surface area contributed by atoms with Crippen LogP contribution in [0.5, 0.6) is 0 Å². The Hall–Kier alpha value is -1.60. The zero-order valence-electron chi connectivity index (χ0n) is 8.10. The molecule has 0 saturated carbocycles. The molecule has 0 aliphatic heterocycles. The molecule has 0 atom stereocenters. The van der Waals surface area contributed by atoms with Crippen LogP contribution >= 0.6 is 11.6 Å². The van der Waals surface area contributed by atoms with Gasteiger partial charge in [-0.3, -0.25) is 4.98 Å². The monoisotopic (exact) mass is 215 g/mol. The van der Waals surface area contributed by atoms with Gasteiger partial charge >= 0.3 is 0 Å². The Bertz CT molecular complexity index is 446. The van der Waals surface area contributed by atoms with Crippen molar-refractivity contribution in [1.29, 1.82) is 0 Å². The zero-order valence-corrected chi connectivity index (χ0v) is 8.85. The molecule has 0 aliphatic rings. The Morgan fingerprint density at radius 1 is 0.933 bits per heavy atom. The van der Waals surface area contributed by atoms with Gasteiger partial charge in [0.1, 0.15) is 0 Å². The van der Waals surface area contributed by atoms with Gasteiger partial charge in [-0.1, -0.05) is 35.9 Å². The molecule has 1 heterocycles. The van der Waals surface area contributed by atoms with Gasteiger partial charge in [-0.25, -0.2) is 0 Å². The molecule has 74 valence electrons. The molecule has 1 nitrogen and oxygen atoms in total.